The highest BCUT2D eigenvalue weighted by molar-refractivity contribution is 7.99. The number of nitrogens with zero attached hydrogens (tertiary/aromatic N) is 4. The molecule has 0 spiro atoms. The highest BCUT2D eigenvalue weighted by Gasteiger charge is 2.34. The number of thioether (sulfide) groups is 1. The molecule has 1 aromatic carbocycles. The maximum atomic E-state index is 12.7. The molecule has 1 fully saturated rings. The first-order chi connectivity index (χ1) is 12.3. The number of hydrogen-bond donors (Lipinski definition) is 0. The molecular formula is C17H20N4O3S. The summed E-state index contributed by atoms with van der Waals surface area (Å²) < 4.78 is 13.0. The number of fused-ring (bicyclic) bond motifs is 1. The van der Waals surface area contributed by atoms with E-state index >= 15 is 0 Å². The Morgan fingerprint density at radius 1 is 1.28 bits per heavy atom. The third kappa shape index (κ3) is 3.06. The molecule has 1 saturated carbocycles. The third-order valence-electron chi connectivity index (χ3n) is 4.59. The van der Waals surface area contributed by atoms with Crippen molar-refractivity contribution >= 4 is 17.7 Å². The molecule has 1 aliphatic carbocycles. The summed E-state index contributed by atoms with van der Waals surface area (Å²) in [4.78, 5) is 12.7. The van der Waals surface area contributed by atoms with E-state index in [2.05, 4.69) is 10.2 Å². The number of hydrogen-bond acceptors (Lipinski definition) is 6. The quantitative estimate of drug-likeness (QED) is 0.814. The predicted octanol–water partition coefficient (Wildman–Crippen LogP) is 2.24. The second-order valence-corrected chi connectivity index (χ2v) is 7.15. The highest BCUT2D eigenvalue weighted by atomic mass is 32.2. The molecule has 1 aliphatic heterocycles. The van der Waals surface area contributed by atoms with Crippen molar-refractivity contribution in [1.29, 1.82) is 0 Å². The number of carbonyl (C=O) groups excluding carboxylic acids is 1. The van der Waals surface area contributed by atoms with Crippen molar-refractivity contribution in [3.05, 3.63) is 30.1 Å². The van der Waals surface area contributed by atoms with Crippen LogP contribution in [0.3, 0.4) is 0 Å². The normalized spacial score (nSPS) is 16.9. The number of amides is 1. The molecule has 2 aliphatic rings. The fraction of sp³-hybridized carbons (Fsp3) is 0.471. The van der Waals surface area contributed by atoms with Gasteiger partial charge in [0.15, 0.2) is 17.3 Å². The second kappa shape index (κ2) is 6.95. The molecular weight excluding hydrogens is 340 g/mol. The first-order valence-corrected chi connectivity index (χ1v) is 9.41. The lowest BCUT2D eigenvalue weighted by molar-refractivity contribution is -0.126. The van der Waals surface area contributed by atoms with Crippen molar-refractivity contribution in [3.63, 3.8) is 0 Å². The largest absolute Gasteiger partial charge is 0.493 e. The fourth-order valence-electron chi connectivity index (χ4n) is 3.00. The molecule has 0 radical (unpaired) electrons. The Balaban J connectivity index is 1.55. The van der Waals surface area contributed by atoms with Crippen LogP contribution in [0.5, 0.6) is 11.5 Å². The lowest BCUT2D eigenvalue weighted by Crippen LogP contribution is -2.49. The highest BCUT2D eigenvalue weighted by Crippen LogP contribution is 2.31. The number of benzene rings is 1. The lowest BCUT2D eigenvalue weighted by atomic mass is 9.84. The SMILES string of the molecule is COc1ccccc1OCc1nnc2n1N(C(=O)C1CCC1)CCS2. The smallest absolute Gasteiger partial charge is 0.244 e. The van der Waals surface area contributed by atoms with E-state index in [9.17, 15) is 4.79 Å². The number of para-hydroxylation sites is 2. The molecule has 132 valence electrons. The monoisotopic (exact) mass is 360 g/mol. The van der Waals surface area contributed by atoms with Gasteiger partial charge in [0.05, 0.1) is 13.7 Å². The van der Waals surface area contributed by atoms with E-state index in [0.29, 0.717) is 23.9 Å². The van der Waals surface area contributed by atoms with Gasteiger partial charge in [-0.2, -0.15) is 0 Å². The van der Waals surface area contributed by atoms with Crippen LogP contribution in [-0.2, 0) is 11.4 Å². The summed E-state index contributed by atoms with van der Waals surface area (Å²) in [7, 11) is 1.61. The van der Waals surface area contributed by atoms with Crippen LogP contribution >= 0.6 is 11.8 Å². The standard InChI is InChI=1S/C17H20N4O3S/c1-23-13-7-2-3-8-14(13)24-11-15-18-19-17-21(15)20(9-10-25-17)16(22)12-5-4-6-12/h2-3,7-8,12H,4-6,9-11H2,1H3. The van der Waals surface area contributed by atoms with Gasteiger partial charge in [0.25, 0.3) is 0 Å². The molecule has 0 atom stereocenters. The van der Waals surface area contributed by atoms with Crippen LogP contribution in [0.2, 0.25) is 0 Å². The van der Waals surface area contributed by atoms with Gasteiger partial charge >= 0.3 is 0 Å². The van der Waals surface area contributed by atoms with Gasteiger partial charge in [-0.25, -0.2) is 9.69 Å². The number of rotatable bonds is 5. The second-order valence-electron chi connectivity index (χ2n) is 6.09. The molecule has 2 aromatic rings. The van der Waals surface area contributed by atoms with Crippen LogP contribution in [0.15, 0.2) is 29.4 Å². The molecule has 25 heavy (non-hydrogen) atoms. The Labute approximate surface area is 150 Å². The fourth-order valence-corrected chi connectivity index (χ4v) is 3.87. The summed E-state index contributed by atoms with van der Waals surface area (Å²) in [6.45, 7) is 0.898. The zero-order valence-corrected chi connectivity index (χ0v) is 14.9. The summed E-state index contributed by atoms with van der Waals surface area (Å²) in [5.41, 5.74) is 0. The molecule has 1 aromatic heterocycles. The molecule has 0 unspecified atom stereocenters. The molecule has 0 N–H and O–H groups in total. The number of ether oxygens (including phenoxy) is 2. The average molecular weight is 360 g/mol. The Morgan fingerprint density at radius 2 is 2.08 bits per heavy atom. The van der Waals surface area contributed by atoms with Crippen molar-refractivity contribution in [2.24, 2.45) is 5.92 Å². The maximum absolute atomic E-state index is 12.7. The van der Waals surface area contributed by atoms with Crippen molar-refractivity contribution in [2.45, 2.75) is 31.0 Å². The van der Waals surface area contributed by atoms with Crippen molar-refractivity contribution in [3.8, 4) is 11.5 Å². The zero-order valence-electron chi connectivity index (χ0n) is 14.1. The van der Waals surface area contributed by atoms with Crippen molar-refractivity contribution < 1.29 is 14.3 Å². The Kier molecular flexibility index (Phi) is 4.52. The molecule has 4 rings (SSSR count). The van der Waals surface area contributed by atoms with Crippen molar-refractivity contribution in [1.82, 2.24) is 14.9 Å². The molecule has 8 heteroatoms. The summed E-state index contributed by atoms with van der Waals surface area (Å²) >= 11 is 1.61. The van der Waals surface area contributed by atoms with Crippen LogP contribution in [0.25, 0.3) is 0 Å². The topological polar surface area (TPSA) is 69.5 Å². The van der Waals surface area contributed by atoms with Crippen LogP contribution in [0.1, 0.15) is 25.1 Å². The minimum absolute atomic E-state index is 0.140. The lowest BCUT2D eigenvalue weighted by Gasteiger charge is -2.34. The first-order valence-electron chi connectivity index (χ1n) is 8.42. The van der Waals surface area contributed by atoms with E-state index < -0.39 is 0 Å². The Bertz CT molecular complexity index is 775. The average Bonchev–Trinajstić information content (AvgIpc) is 3.02. The Hall–Kier alpha value is -2.22. The van der Waals surface area contributed by atoms with Crippen molar-refractivity contribution in [2.75, 3.05) is 24.4 Å². The molecule has 1 amide bonds. The number of methoxy groups -OCH3 is 1. The molecule has 0 bridgehead atoms. The van der Waals surface area contributed by atoms with Crippen LogP contribution < -0.4 is 14.5 Å². The minimum atomic E-state index is 0.140. The van der Waals surface area contributed by atoms with E-state index in [1.807, 2.05) is 28.9 Å². The molecule has 0 saturated heterocycles. The van der Waals surface area contributed by atoms with Crippen LogP contribution in [0, 0.1) is 5.92 Å². The summed E-state index contributed by atoms with van der Waals surface area (Å²) in [6.07, 6.45) is 3.10. The van der Waals surface area contributed by atoms with E-state index in [1.165, 1.54) is 0 Å². The summed E-state index contributed by atoms with van der Waals surface area (Å²) in [5.74, 6) is 3.08. The summed E-state index contributed by atoms with van der Waals surface area (Å²) in [6, 6.07) is 7.47. The predicted molar refractivity (Wildman–Crippen MR) is 93.5 cm³/mol. The Morgan fingerprint density at radius 3 is 2.80 bits per heavy atom. The van der Waals surface area contributed by atoms with Gasteiger partial charge < -0.3 is 9.47 Å². The number of aromatic nitrogens is 3. The van der Waals surface area contributed by atoms with E-state index in [0.717, 1.165) is 30.2 Å². The van der Waals surface area contributed by atoms with Gasteiger partial charge in [0.2, 0.25) is 11.1 Å². The third-order valence-corrected chi connectivity index (χ3v) is 5.49. The van der Waals surface area contributed by atoms with E-state index in [1.54, 1.807) is 23.9 Å². The van der Waals surface area contributed by atoms with Gasteiger partial charge in [-0.15, -0.1) is 10.2 Å². The first kappa shape index (κ1) is 16.3. The molecule has 7 nitrogen and oxygen atoms in total. The van der Waals surface area contributed by atoms with E-state index in [4.69, 9.17) is 9.47 Å². The van der Waals surface area contributed by atoms with E-state index in [-0.39, 0.29) is 18.4 Å². The van der Waals surface area contributed by atoms with Gasteiger partial charge in [-0.05, 0) is 25.0 Å². The van der Waals surface area contributed by atoms with Gasteiger partial charge in [0, 0.05) is 11.7 Å². The number of carbonyl (C=O) groups is 1. The van der Waals surface area contributed by atoms with Crippen LogP contribution in [0.4, 0.5) is 0 Å². The van der Waals surface area contributed by atoms with Gasteiger partial charge in [-0.1, -0.05) is 30.3 Å². The van der Waals surface area contributed by atoms with Gasteiger partial charge in [0.1, 0.15) is 6.61 Å². The molecule has 2 heterocycles. The minimum Gasteiger partial charge on any atom is -0.493 e. The maximum Gasteiger partial charge on any atom is 0.244 e. The van der Waals surface area contributed by atoms with Crippen LogP contribution in [-0.4, -0.2) is 40.2 Å². The zero-order chi connectivity index (χ0) is 17.2. The van der Waals surface area contributed by atoms with Gasteiger partial charge in [-0.3, -0.25) is 4.79 Å². The summed E-state index contributed by atoms with van der Waals surface area (Å²) in [5, 5.41) is 11.0.